The Kier molecular flexibility index (Phi) is 3.45. The van der Waals surface area contributed by atoms with E-state index in [1.807, 2.05) is 60.7 Å². The number of carbonyl (C=O) groups excluding carboxylic acids is 1. The van der Waals surface area contributed by atoms with Crippen molar-refractivity contribution in [3.8, 4) is 0 Å². The Hall–Kier alpha value is -1.51. The molecule has 0 aromatic heterocycles. The van der Waals surface area contributed by atoms with Crippen LogP contribution in [-0.4, -0.2) is 10.3 Å². The van der Waals surface area contributed by atoms with Crippen LogP contribution in [0.5, 0.6) is 0 Å². The highest BCUT2D eigenvalue weighted by Crippen LogP contribution is 2.53. The summed E-state index contributed by atoms with van der Waals surface area (Å²) in [7, 11) is 0. The highest BCUT2D eigenvalue weighted by molar-refractivity contribution is 6.58. The van der Waals surface area contributed by atoms with Crippen LogP contribution in [-0.2, 0) is 9.53 Å². The molecule has 0 saturated carbocycles. The van der Waals surface area contributed by atoms with Gasteiger partial charge in [-0.25, -0.2) is 4.79 Å². The summed E-state index contributed by atoms with van der Waals surface area (Å²) < 4.78 is 3.86. The van der Waals surface area contributed by atoms with Gasteiger partial charge in [-0.15, -0.1) is 0 Å². The lowest BCUT2D eigenvalue weighted by atomic mass is 9.88. The van der Waals surface area contributed by atoms with Gasteiger partial charge in [0, 0.05) is 0 Å². The molecule has 0 spiro atoms. The highest BCUT2D eigenvalue weighted by Gasteiger charge is 2.56. The van der Waals surface area contributed by atoms with Gasteiger partial charge in [0.1, 0.15) is 6.10 Å². The van der Waals surface area contributed by atoms with E-state index in [2.05, 4.69) is 0 Å². The van der Waals surface area contributed by atoms with Crippen molar-refractivity contribution >= 4 is 29.2 Å². The molecule has 1 fully saturated rings. The van der Waals surface area contributed by atoms with Crippen LogP contribution in [0, 0.1) is 0 Å². The van der Waals surface area contributed by atoms with E-state index in [9.17, 15) is 4.79 Å². The number of benzene rings is 2. The standard InChI is InChI=1S/C16H12Cl2O2/c17-16(18)13(11-7-3-1-4-8-11)14(20-15(16)19)12-9-5-2-6-10-12/h1-10,13-14H. The molecule has 0 N–H and O–H groups in total. The fraction of sp³-hybridized carbons (Fsp3) is 0.188. The third-order valence-corrected chi connectivity index (χ3v) is 4.27. The summed E-state index contributed by atoms with van der Waals surface area (Å²) in [4.78, 5) is 12.0. The molecule has 2 atom stereocenters. The molecule has 0 radical (unpaired) electrons. The average Bonchev–Trinajstić information content (AvgIpc) is 2.71. The molecule has 20 heavy (non-hydrogen) atoms. The number of hydrogen-bond acceptors (Lipinski definition) is 2. The van der Waals surface area contributed by atoms with E-state index in [1.54, 1.807) is 0 Å². The number of carbonyl (C=O) groups is 1. The van der Waals surface area contributed by atoms with Gasteiger partial charge in [0.25, 0.3) is 0 Å². The minimum atomic E-state index is -1.57. The van der Waals surface area contributed by atoms with Crippen molar-refractivity contribution in [2.75, 3.05) is 0 Å². The van der Waals surface area contributed by atoms with Crippen molar-refractivity contribution in [1.82, 2.24) is 0 Å². The molecular formula is C16H12Cl2O2. The largest absolute Gasteiger partial charge is 0.454 e. The van der Waals surface area contributed by atoms with E-state index < -0.39 is 22.3 Å². The van der Waals surface area contributed by atoms with Crippen LogP contribution in [0.2, 0.25) is 0 Å². The molecule has 2 aromatic carbocycles. The van der Waals surface area contributed by atoms with E-state index in [4.69, 9.17) is 27.9 Å². The fourth-order valence-electron chi connectivity index (χ4n) is 2.53. The van der Waals surface area contributed by atoms with Crippen molar-refractivity contribution in [3.63, 3.8) is 0 Å². The number of esters is 1. The van der Waals surface area contributed by atoms with E-state index in [1.165, 1.54) is 0 Å². The van der Waals surface area contributed by atoms with Crippen LogP contribution in [0.25, 0.3) is 0 Å². The molecule has 0 bridgehead atoms. The molecule has 1 heterocycles. The van der Waals surface area contributed by atoms with E-state index in [0.29, 0.717) is 0 Å². The Labute approximate surface area is 127 Å². The molecule has 2 aromatic rings. The Morgan fingerprint density at radius 2 is 1.35 bits per heavy atom. The predicted molar refractivity (Wildman–Crippen MR) is 78.9 cm³/mol. The summed E-state index contributed by atoms with van der Waals surface area (Å²) in [6, 6.07) is 19.0. The van der Waals surface area contributed by atoms with Gasteiger partial charge in [-0.3, -0.25) is 0 Å². The third kappa shape index (κ3) is 2.19. The minimum Gasteiger partial charge on any atom is -0.454 e. The number of cyclic esters (lactones) is 1. The maximum Gasteiger partial charge on any atom is 0.344 e. The Bertz CT molecular complexity index is 611. The smallest absolute Gasteiger partial charge is 0.344 e. The molecule has 4 heteroatoms. The van der Waals surface area contributed by atoms with Crippen LogP contribution in [0.4, 0.5) is 0 Å². The lowest BCUT2D eigenvalue weighted by molar-refractivity contribution is -0.142. The van der Waals surface area contributed by atoms with Crippen molar-refractivity contribution < 1.29 is 9.53 Å². The van der Waals surface area contributed by atoms with Gasteiger partial charge in [-0.05, 0) is 11.1 Å². The lowest BCUT2D eigenvalue weighted by Crippen LogP contribution is -2.26. The van der Waals surface area contributed by atoms with Crippen LogP contribution in [0.1, 0.15) is 23.1 Å². The van der Waals surface area contributed by atoms with Crippen molar-refractivity contribution in [2.24, 2.45) is 0 Å². The second-order valence-electron chi connectivity index (χ2n) is 4.75. The summed E-state index contributed by atoms with van der Waals surface area (Å²) in [6.45, 7) is 0. The summed E-state index contributed by atoms with van der Waals surface area (Å²) in [6.07, 6.45) is -0.471. The summed E-state index contributed by atoms with van der Waals surface area (Å²) >= 11 is 12.5. The molecule has 1 aliphatic heterocycles. The lowest BCUT2D eigenvalue weighted by Gasteiger charge is -2.22. The second-order valence-corrected chi connectivity index (χ2v) is 6.13. The van der Waals surface area contributed by atoms with E-state index in [0.717, 1.165) is 11.1 Å². The molecule has 102 valence electrons. The molecule has 1 saturated heterocycles. The number of halogens is 2. The normalized spacial score (nSPS) is 24.4. The van der Waals surface area contributed by atoms with Gasteiger partial charge >= 0.3 is 5.97 Å². The second kappa shape index (κ2) is 5.12. The van der Waals surface area contributed by atoms with Gasteiger partial charge in [0.15, 0.2) is 0 Å². The maximum atomic E-state index is 12.0. The third-order valence-electron chi connectivity index (χ3n) is 3.49. The molecule has 2 unspecified atom stereocenters. The van der Waals surface area contributed by atoms with Crippen molar-refractivity contribution in [2.45, 2.75) is 16.4 Å². The quantitative estimate of drug-likeness (QED) is 0.612. The Morgan fingerprint density at radius 1 is 0.850 bits per heavy atom. The van der Waals surface area contributed by atoms with Gasteiger partial charge in [0.2, 0.25) is 4.33 Å². The van der Waals surface area contributed by atoms with Crippen LogP contribution < -0.4 is 0 Å². The number of hydrogen-bond donors (Lipinski definition) is 0. The zero-order chi connectivity index (χ0) is 14.2. The molecule has 3 rings (SSSR count). The Balaban J connectivity index is 2.08. The van der Waals surface area contributed by atoms with Crippen molar-refractivity contribution in [3.05, 3.63) is 71.8 Å². The Morgan fingerprint density at radius 3 is 1.90 bits per heavy atom. The topological polar surface area (TPSA) is 26.3 Å². The van der Waals surface area contributed by atoms with Crippen LogP contribution >= 0.6 is 23.2 Å². The molecule has 1 aliphatic rings. The highest BCUT2D eigenvalue weighted by atomic mass is 35.5. The van der Waals surface area contributed by atoms with Gasteiger partial charge in [0.05, 0.1) is 5.92 Å². The summed E-state index contributed by atoms with van der Waals surface area (Å²) in [5.41, 5.74) is 1.77. The SMILES string of the molecule is O=C1OC(c2ccccc2)C(c2ccccc2)C1(Cl)Cl. The van der Waals surface area contributed by atoms with Gasteiger partial charge < -0.3 is 4.74 Å². The first kappa shape index (κ1) is 13.5. The molecule has 0 amide bonds. The fourth-order valence-corrected chi connectivity index (χ4v) is 3.10. The van der Waals surface area contributed by atoms with Crippen molar-refractivity contribution in [1.29, 1.82) is 0 Å². The number of alkyl halides is 2. The molecule has 2 nitrogen and oxygen atoms in total. The van der Waals surface area contributed by atoms with Crippen LogP contribution in [0.15, 0.2) is 60.7 Å². The molecule has 0 aliphatic carbocycles. The summed E-state index contributed by atoms with van der Waals surface area (Å²) in [5, 5.41) is 0. The monoisotopic (exact) mass is 306 g/mol. The van der Waals surface area contributed by atoms with Gasteiger partial charge in [-0.1, -0.05) is 83.9 Å². The zero-order valence-electron chi connectivity index (χ0n) is 10.5. The first-order valence-electron chi connectivity index (χ1n) is 6.29. The molecular weight excluding hydrogens is 295 g/mol. The van der Waals surface area contributed by atoms with E-state index >= 15 is 0 Å². The first-order chi connectivity index (χ1) is 9.60. The summed E-state index contributed by atoms with van der Waals surface area (Å²) in [5.74, 6) is -1.02. The van der Waals surface area contributed by atoms with Crippen LogP contribution in [0.3, 0.4) is 0 Å². The first-order valence-corrected chi connectivity index (χ1v) is 7.05. The minimum absolute atomic E-state index is 0.429. The van der Waals surface area contributed by atoms with Gasteiger partial charge in [-0.2, -0.15) is 0 Å². The number of ether oxygens (including phenoxy) is 1. The maximum absolute atomic E-state index is 12.0. The predicted octanol–water partition coefficient (Wildman–Crippen LogP) is 4.24. The zero-order valence-corrected chi connectivity index (χ0v) is 12.0. The average molecular weight is 307 g/mol. The van der Waals surface area contributed by atoms with E-state index in [-0.39, 0.29) is 0 Å². The number of rotatable bonds is 2.